The summed E-state index contributed by atoms with van der Waals surface area (Å²) in [5.74, 6) is 0.0985. The molecule has 2 saturated heterocycles. The molecule has 32 heavy (non-hydrogen) atoms. The number of hydrogen-bond acceptors (Lipinski definition) is 3. The number of carbonyl (C=O) groups excluding carboxylic acids is 2. The van der Waals surface area contributed by atoms with Crippen molar-refractivity contribution in [3.8, 4) is 0 Å². The number of hydrogen-bond donors (Lipinski definition) is 1. The number of rotatable bonds is 4. The summed E-state index contributed by atoms with van der Waals surface area (Å²) in [6, 6.07) is 16.2. The highest BCUT2D eigenvalue weighted by Crippen LogP contribution is 2.26. The van der Waals surface area contributed by atoms with Crippen molar-refractivity contribution in [1.29, 1.82) is 0 Å². The van der Waals surface area contributed by atoms with Gasteiger partial charge in [-0.25, -0.2) is 4.79 Å². The lowest BCUT2D eigenvalue weighted by Gasteiger charge is -2.37. The molecule has 0 aliphatic carbocycles. The van der Waals surface area contributed by atoms with Crippen molar-refractivity contribution in [2.75, 3.05) is 37.6 Å². The van der Waals surface area contributed by atoms with Crippen molar-refractivity contribution in [3.05, 3.63) is 65.2 Å². The molecular formula is C25H33ClN4O2. The number of piperazine rings is 1. The van der Waals surface area contributed by atoms with E-state index in [0.29, 0.717) is 26.1 Å². The summed E-state index contributed by atoms with van der Waals surface area (Å²) in [6.07, 6.45) is 0.366. The maximum atomic E-state index is 12.8. The Morgan fingerprint density at radius 2 is 1.69 bits per heavy atom. The van der Waals surface area contributed by atoms with Gasteiger partial charge in [-0.1, -0.05) is 42.5 Å². The number of aryl methyl sites for hydroxylation is 1. The van der Waals surface area contributed by atoms with Gasteiger partial charge in [0.2, 0.25) is 5.91 Å². The minimum Gasteiger partial charge on any atom is -0.368 e. The summed E-state index contributed by atoms with van der Waals surface area (Å²) in [5, 5.41) is 3.10. The van der Waals surface area contributed by atoms with Crippen molar-refractivity contribution in [2.45, 2.75) is 39.3 Å². The standard InChI is InChI=1S/C25H32N4O2.ClH/c1-18-8-7-11-23(19(18)2)27-12-14-28(15-13-27)25(31)26-22-16-24(30)29(17-22)20(3)21-9-5-4-6-10-21;/h4-11,20,22H,12-17H2,1-3H3,(H,26,31);1H. The van der Waals surface area contributed by atoms with Gasteiger partial charge in [0.1, 0.15) is 0 Å². The van der Waals surface area contributed by atoms with E-state index in [0.717, 1.165) is 18.7 Å². The quantitative estimate of drug-likeness (QED) is 0.758. The largest absolute Gasteiger partial charge is 0.368 e. The average molecular weight is 457 g/mol. The third kappa shape index (κ3) is 5.01. The van der Waals surface area contributed by atoms with Gasteiger partial charge in [-0.2, -0.15) is 0 Å². The van der Waals surface area contributed by atoms with Gasteiger partial charge in [-0.05, 0) is 43.5 Å². The zero-order chi connectivity index (χ0) is 22.0. The van der Waals surface area contributed by atoms with Crippen molar-refractivity contribution in [1.82, 2.24) is 15.1 Å². The van der Waals surface area contributed by atoms with Crippen molar-refractivity contribution in [2.24, 2.45) is 0 Å². The van der Waals surface area contributed by atoms with Crippen LogP contribution in [-0.2, 0) is 4.79 Å². The average Bonchev–Trinajstić information content (AvgIpc) is 3.15. The first-order valence-corrected chi connectivity index (χ1v) is 11.1. The predicted octanol–water partition coefficient (Wildman–Crippen LogP) is 3.92. The second-order valence-electron chi connectivity index (χ2n) is 8.68. The van der Waals surface area contributed by atoms with Crippen LogP contribution in [0.5, 0.6) is 0 Å². The van der Waals surface area contributed by atoms with Gasteiger partial charge >= 0.3 is 6.03 Å². The Balaban J connectivity index is 0.00000289. The van der Waals surface area contributed by atoms with Crippen molar-refractivity contribution >= 4 is 30.0 Å². The van der Waals surface area contributed by atoms with Crippen LogP contribution in [0.25, 0.3) is 0 Å². The zero-order valence-electron chi connectivity index (χ0n) is 19.1. The van der Waals surface area contributed by atoms with E-state index in [4.69, 9.17) is 0 Å². The van der Waals surface area contributed by atoms with E-state index in [1.54, 1.807) is 0 Å². The maximum absolute atomic E-state index is 12.8. The first kappa shape index (κ1) is 23.9. The molecule has 0 bridgehead atoms. The SMILES string of the molecule is Cc1cccc(N2CCN(C(=O)NC3CC(=O)N(C(C)c4ccccc4)C3)CC2)c1C.Cl. The molecular weight excluding hydrogens is 424 g/mol. The molecule has 2 unspecified atom stereocenters. The Morgan fingerprint density at radius 1 is 1.00 bits per heavy atom. The number of carbonyl (C=O) groups is 2. The summed E-state index contributed by atoms with van der Waals surface area (Å²) in [7, 11) is 0. The molecule has 2 atom stereocenters. The number of nitrogens with zero attached hydrogens (tertiary/aromatic N) is 3. The second kappa shape index (κ2) is 10.3. The van der Waals surface area contributed by atoms with Crippen LogP contribution >= 0.6 is 12.4 Å². The number of anilines is 1. The highest BCUT2D eigenvalue weighted by Gasteiger charge is 2.35. The smallest absolute Gasteiger partial charge is 0.317 e. The number of benzene rings is 2. The van der Waals surface area contributed by atoms with E-state index >= 15 is 0 Å². The summed E-state index contributed by atoms with van der Waals surface area (Å²) >= 11 is 0. The zero-order valence-corrected chi connectivity index (χ0v) is 19.9. The monoisotopic (exact) mass is 456 g/mol. The third-order valence-electron chi connectivity index (χ3n) is 6.72. The summed E-state index contributed by atoms with van der Waals surface area (Å²) in [6.45, 7) is 9.90. The molecule has 2 aliphatic rings. The molecule has 2 heterocycles. The van der Waals surface area contributed by atoms with Gasteiger partial charge in [0.15, 0.2) is 0 Å². The minimum absolute atomic E-state index is 0. The molecule has 172 valence electrons. The molecule has 3 amide bonds. The number of likely N-dealkylation sites (tertiary alicyclic amines) is 1. The lowest BCUT2D eigenvalue weighted by atomic mass is 10.1. The number of nitrogens with one attached hydrogen (secondary N) is 1. The Labute approximate surface area is 197 Å². The van der Waals surface area contributed by atoms with E-state index in [1.165, 1.54) is 16.8 Å². The van der Waals surface area contributed by atoms with Crippen LogP contribution in [-0.4, -0.2) is 60.5 Å². The van der Waals surface area contributed by atoms with Crippen LogP contribution in [0.3, 0.4) is 0 Å². The molecule has 2 fully saturated rings. The lowest BCUT2D eigenvalue weighted by Crippen LogP contribution is -2.54. The molecule has 0 spiro atoms. The summed E-state index contributed by atoms with van der Waals surface area (Å²) < 4.78 is 0. The number of amides is 3. The Hall–Kier alpha value is -2.73. The fraction of sp³-hybridized carbons (Fsp3) is 0.440. The Morgan fingerprint density at radius 3 is 2.38 bits per heavy atom. The van der Waals surface area contributed by atoms with E-state index in [1.807, 2.05) is 47.1 Å². The predicted molar refractivity (Wildman–Crippen MR) is 130 cm³/mol. The molecule has 2 aromatic carbocycles. The van der Waals surface area contributed by atoms with Crippen LogP contribution in [0.2, 0.25) is 0 Å². The highest BCUT2D eigenvalue weighted by molar-refractivity contribution is 5.85. The van der Waals surface area contributed by atoms with Crippen LogP contribution in [0.15, 0.2) is 48.5 Å². The molecule has 7 heteroatoms. The lowest BCUT2D eigenvalue weighted by molar-refractivity contribution is -0.129. The molecule has 1 N–H and O–H groups in total. The molecule has 4 rings (SSSR count). The van der Waals surface area contributed by atoms with Crippen LogP contribution < -0.4 is 10.2 Å². The summed E-state index contributed by atoms with van der Waals surface area (Å²) in [4.78, 5) is 31.5. The molecule has 2 aliphatic heterocycles. The maximum Gasteiger partial charge on any atom is 0.317 e. The van der Waals surface area contributed by atoms with Crippen LogP contribution in [0.1, 0.15) is 36.1 Å². The molecule has 6 nitrogen and oxygen atoms in total. The van der Waals surface area contributed by atoms with Gasteiger partial charge in [-0.3, -0.25) is 4.79 Å². The third-order valence-corrected chi connectivity index (χ3v) is 6.72. The van der Waals surface area contributed by atoms with Crippen molar-refractivity contribution in [3.63, 3.8) is 0 Å². The van der Waals surface area contributed by atoms with Gasteiger partial charge in [0.25, 0.3) is 0 Å². The molecule has 0 saturated carbocycles. The second-order valence-corrected chi connectivity index (χ2v) is 8.68. The Kier molecular flexibility index (Phi) is 7.67. The van der Waals surface area contributed by atoms with E-state index in [2.05, 4.69) is 42.3 Å². The Bertz CT molecular complexity index is 944. The number of halogens is 1. The van der Waals surface area contributed by atoms with Gasteiger partial charge in [0.05, 0.1) is 12.1 Å². The van der Waals surface area contributed by atoms with Crippen LogP contribution in [0.4, 0.5) is 10.5 Å². The normalized spacial score (nSPS) is 19.5. The molecule has 0 radical (unpaired) electrons. The topological polar surface area (TPSA) is 55.9 Å². The van der Waals surface area contributed by atoms with Gasteiger partial charge in [0, 0.05) is 44.8 Å². The molecule has 2 aromatic rings. The van der Waals surface area contributed by atoms with E-state index < -0.39 is 0 Å². The fourth-order valence-electron chi connectivity index (χ4n) is 4.61. The first-order valence-electron chi connectivity index (χ1n) is 11.1. The number of urea groups is 1. The fourth-order valence-corrected chi connectivity index (χ4v) is 4.61. The van der Waals surface area contributed by atoms with E-state index in [-0.39, 0.29) is 36.4 Å². The van der Waals surface area contributed by atoms with Gasteiger partial charge < -0.3 is 20.0 Å². The van der Waals surface area contributed by atoms with Gasteiger partial charge in [-0.15, -0.1) is 12.4 Å². The summed E-state index contributed by atoms with van der Waals surface area (Å²) in [5.41, 5.74) is 4.97. The van der Waals surface area contributed by atoms with Crippen molar-refractivity contribution < 1.29 is 9.59 Å². The molecule has 0 aromatic heterocycles. The van der Waals surface area contributed by atoms with E-state index in [9.17, 15) is 9.59 Å². The van der Waals surface area contributed by atoms with Crippen LogP contribution in [0, 0.1) is 13.8 Å². The minimum atomic E-state index is -0.136. The first-order chi connectivity index (χ1) is 14.9. The highest BCUT2D eigenvalue weighted by atomic mass is 35.5.